The number of ether oxygens (including phenoxy) is 1. The van der Waals surface area contributed by atoms with Crippen molar-refractivity contribution in [2.24, 2.45) is 5.92 Å². The molecule has 3 N–H and O–H groups in total. The smallest absolute Gasteiger partial charge is 0.254 e. The highest BCUT2D eigenvalue weighted by Gasteiger charge is 2.25. The van der Waals surface area contributed by atoms with Gasteiger partial charge >= 0.3 is 0 Å². The van der Waals surface area contributed by atoms with Crippen LogP contribution in [0.15, 0.2) is 41.5 Å². The van der Waals surface area contributed by atoms with Gasteiger partial charge in [-0.05, 0) is 44.7 Å². The Bertz CT molecular complexity index is 1480. The van der Waals surface area contributed by atoms with E-state index in [4.69, 9.17) is 4.74 Å². The number of benzene rings is 1. The predicted molar refractivity (Wildman–Crippen MR) is 157 cm³/mol. The van der Waals surface area contributed by atoms with Crippen molar-refractivity contribution in [2.75, 3.05) is 26.2 Å². The van der Waals surface area contributed by atoms with E-state index in [-0.39, 0.29) is 42.5 Å². The maximum Gasteiger partial charge on any atom is 0.254 e. The van der Waals surface area contributed by atoms with E-state index in [9.17, 15) is 19.2 Å². The number of fused-ring (bicyclic) bond motifs is 4. The lowest BCUT2D eigenvalue weighted by molar-refractivity contribution is -0.136. The van der Waals surface area contributed by atoms with Gasteiger partial charge in [-0.25, -0.2) is 9.97 Å². The number of rotatable bonds is 4. The molecule has 12 nitrogen and oxygen atoms in total. The maximum atomic E-state index is 13.4. The summed E-state index contributed by atoms with van der Waals surface area (Å²) in [6.07, 6.45) is 4.24. The minimum atomic E-state index is -0.762. The molecule has 4 rings (SSSR count). The van der Waals surface area contributed by atoms with Crippen LogP contribution in [-0.2, 0) is 27.3 Å². The van der Waals surface area contributed by atoms with Crippen molar-refractivity contribution in [3.8, 4) is 17.1 Å². The number of H-pyrrole nitrogens is 1. The first kappa shape index (κ1) is 30.5. The Balaban J connectivity index is 1.58. The van der Waals surface area contributed by atoms with Gasteiger partial charge in [0.05, 0.1) is 19.6 Å². The van der Waals surface area contributed by atoms with Crippen molar-refractivity contribution in [1.29, 1.82) is 0 Å². The molecule has 12 heteroatoms. The number of carbonyl (C=O) groups is 3. The standard InChI is InChI=1S/C30H39N7O5/c1-19(2)15-25-30(41)32-10-13-36-12-9-31-28(36)22-7-5-8-23(16-22)42-14-6-11-37(18-26(38)35-25)27(39)17-24-20(3)33-21(4)34-29(24)40/h5,7-9,12,16,19,25H,6,10-11,13-15,17-18H2,1-4H3,(H,32,41)(H,35,38)(H,33,34,40)/t25-/m1/s1. The summed E-state index contributed by atoms with van der Waals surface area (Å²) in [6.45, 7) is 8.39. The first-order valence-electron chi connectivity index (χ1n) is 14.3. The van der Waals surface area contributed by atoms with Gasteiger partial charge in [-0.1, -0.05) is 26.0 Å². The molecule has 0 unspecified atom stereocenters. The molecule has 1 aromatic carbocycles. The molecule has 0 radical (unpaired) electrons. The van der Waals surface area contributed by atoms with Crippen molar-refractivity contribution < 1.29 is 19.1 Å². The molecule has 3 heterocycles. The maximum absolute atomic E-state index is 13.4. The third-order valence-electron chi connectivity index (χ3n) is 7.02. The van der Waals surface area contributed by atoms with Gasteiger partial charge < -0.3 is 29.8 Å². The molecule has 2 aromatic heterocycles. The van der Waals surface area contributed by atoms with Gasteiger partial charge in [-0.15, -0.1) is 0 Å². The lowest BCUT2D eigenvalue weighted by Crippen LogP contribution is -2.51. The van der Waals surface area contributed by atoms with Gasteiger partial charge in [0.1, 0.15) is 23.4 Å². The molecule has 1 aliphatic heterocycles. The number of nitrogens with one attached hydrogen (secondary N) is 3. The monoisotopic (exact) mass is 577 g/mol. The van der Waals surface area contributed by atoms with Crippen LogP contribution < -0.4 is 20.9 Å². The van der Waals surface area contributed by atoms with E-state index in [1.807, 2.05) is 48.9 Å². The molecule has 42 heavy (non-hydrogen) atoms. The van der Waals surface area contributed by atoms with Gasteiger partial charge in [-0.2, -0.15) is 0 Å². The fourth-order valence-electron chi connectivity index (χ4n) is 4.97. The largest absolute Gasteiger partial charge is 0.494 e. The molecule has 3 amide bonds. The number of hydrogen-bond donors (Lipinski definition) is 3. The van der Waals surface area contributed by atoms with E-state index in [1.165, 1.54) is 4.90 Å². The Morgan fingerprint density at radius 3 is 2.74 bits per heavy atom. The molecule has 0 saturated carbocycles. The molecule has 1 atom stereocenters. The second-order valence-corrected chi connectivity index (χ2v) is 10.9. The van der Waals surface area contributed by atoms with E-state index >= 15 is 0 Å². The number of amides is 3. The molecule has 0 spiro atoms. The predicted octanol–water partition coefficient (Wildman–Crippen LogP) is 1.75. The van der Waals surface area contributed by atoms with E-state index in [2.05, 4.69) is 25.6 Å². The molecule has 224 valence electrons. The van der Waals surface area contributed by atoms with Gasteiger partial charge in [0.2, 0.25) is 17.7 Å². The zero-order valence-corrected chi connectivity index (χ0v) is 24.6. The van der Waals surface area contributed by atoms with E-state index in [0.29, 0.717) is 49.8 Å². The first-order chi connectivity index (χ1) is 20.1. The summed E-state index contributed by atoms with van der Waals surface area (Å²) < 4.78 is 7.94. The lowest BCUT2D eigenvalue weighted by atomic mass is 10.0. The molecule has 2 bridgehead atoms. The number of carbonyl (C=O) groups excluding carboxylic acids is 3. The zero-order valence-electron chi connectivity index (χ0n) is 24.6. The Hall–Kier alpha value is -4.48. The van der Waals surface area contributed by atoms with Crippen LogP contribution in [-0.4, -0.2) is 74.4 Å². The van der Waals surface area contributed by atoms with Crippen LogP contribution in [0, 0.1) is 19.8 Å². The van der Waals surface area contributed by atoms with Gasteiger partial charge in [0.15, 0.2) is 0 Å². The summed E-state index contributed by atoms with van der Waals surface area (Å²) in [6, 6.07) is 6.81. The van der Waals surface area contributed by atoms with Crippen molar-refractivity contribution in [3.05, 3.63) is 64.1 Å². The average Bonchev–Trinajstić information content (AvgIpc) is 3.40. The summed E-state index contributed by atoms with van der Waals surface area (Å²) in [4.78, 5) is 65.1. The zero-order chi connectivity index (χ0) is 30.2. The SMILES string of the molecule is Cc1nc(C)c(CC(=O)N2CCCOc3cccc(c3)-c3nccn3CCNC(=O)[C@@H](CC(C)C)NC(=O)C2)c(=O)[nH]1. The van der Waals surface area contributed by atoms with Crippen LogP contribution >= 0.6 is 0 Å². The summed E-state index contributed by atoms with van der Waals surface area (Å²) in [7, 11) is 0. The highest BCUT2D eigenvalue weighted by molar-refractivity contribution is 5.90. The summed E-state index contributed by atoms with van der Waals surface area (Å²) in [5, 5.41) is 5.76. The Labute approximate surface area is 244 Å². The molecule has 0 aliphatic carbocycles. The Kier molecular flexibility index (Phi) is 10.1. The van der Waals surface area contributed by atoms with Gasteiger partial charge in [-0.3, -0.25) is 19.2 Å². The van der Waals surface area contributed by atoms with Gasteiger partial charge in [0, 0.05) is 48.8 Å². The number of aryl methyl sites for hydroxylation is 2. The summed E-state index contributed by atoms with van der Waals surface area (Å²) >= 11 is 0. The number of aromatic amines is 1. The fraction of sp³-hybridized carbons (Fsp3) is 0.467. The molecule has 1 aliphatic rings. The first-order valence-corrected chi connectivity index (χ1v) is 14.3. The van der Waals surface area contributed by atoms with Gasteiger partial charge in [0.25, 0.3) is 5.56 Å². The third-order valence-corrected chi connectivity index (χ3v) is 7.02. The molecule has 0 saturated heterocycles. The second kappa shape index (κ2) is 13.9. The number of nitrogens with zero attached hydrogens (tertiary/aromatic N) is 4. The normalized spacial score (nSPS) is 17.0. The van der Waals surface area contributed by atoms with Crippen molar-refractivity contribution in [2.45, 2.75) is 59.5 Å². The second-order valence-electron chi connectivity index (χ2n) is 10.9. The van der Waals surface area contributed by atoms with Crippen LogP contribution in [0.2, 0.25) is 0 Å². The van der Waals surface area contributed by atoms with Crippen LogP contribution in [0.4, 0.5) is 0 Å². The topological polar surface area (TPSA) is 151 Å². The average molecular weight is 578 g/mol. The Morgan fingerprint density at radius 1 is 1.17 bits per heavy atom. The van der Waals surface area contributed by atoms with Crippen LogP contribution in [0.5, 0.6) is 5.75 Å². The minimum absolute atomic E-state index is 0.144. The van der Waals surface area contributed by atoms with E-state index < -0.39 is 17.9 Å². The molecule has 0 fully saturated rings. The van der Waals surface area contributed by atoms with E-state index in [0.717, 1.165) is 11.4 Å². The van der Waals surface area contributed by atoms with Crippen molar-refractivity contribution >= 4 is 17.7 Å². The van der Waals surface area contributed by atoms with Crippen molar-refractivity contribution in [1.82, 2.24) is 35.1 Å². The highest BCUT2D eigenvalue weighted by atomic mass is 16.5. The molecular weight excluding hydrogens is 538 g/mol. The van der Waals surface area contributed by atoms with Crippen LogP contribution in [0.3, 0.4) is 0 Å². The molecular formula is C30H39N7O5. The highest BCUT2D eigenvalue weighted by Crippen LogP contribution is 2.23. The minimum Gasteiger partial charge on any atom is -0.494 e. The van der Waals surface area contributed by atoms with Crippen LogP contribution in [0.1, 0.15) is 43.8 Å². The van der Waals surface area contributed by atoms with Crippen LogP contribution in [0.25, 0.3) is 11.4 Å². The van der Waals surface area contributed by atoms with Crippen molar-refractivity contribution in [3.63, 3.8) is 0 Å². The number of hydrogen-bond acceptors (Lipinski definition) is 7. The number of aromatic nitrogens is 4. The summed E-state index contributed by atoms with van der Waals surface area (Å²) in [5.41, 5.74) is 1.22. The molecule has 3 aromatic rings. The Morgan fingerprint density at radius 2 is 1.98 bits per heavy atom. The lowest BCUT2D eigenvalue weighted by Gasteiger charge is -2.25. The third kappa shape index (κ3) is 8.05. The summed E-state index contributed by atoms with van der Waals surface area (Å²) in [5.74, 6) is 0.864. The fourth-order valence-corrected chi connectivity index (χ4v) is 4.97. The number of imidazole rings is 1. The van der Waals surface area contributed by atoms with E-state index in [1.54, 1.807) is 20.0 Å². The quantitative estimate of drug-likeness (QED) is 0.427.